The zero-order valence-electron chi connectivity index (χ0n) is 14.6. The normalized spacial score (nSPS) is 18.2. The fraction of sp³-hybridized carbons (Fsp3) is 0.444. The molecule has 1 aliphatic rings. The Kier molecular flexibility index (Phi) is 5.04. The third-order valence-corrected chi connectivity index (χ3v) is 4.51. The maximum Gasteiger partial charge on any atom is 0.408 e. The van der Waals surface area contributed by atoms with Crippen LogP contribution in [0.5, 0.6) is 0 Å². The number of aryl methyl sites for hydroxylation is 1. The number of alkyl halides is 3. The van der Waals surface area contributed by atoms with Crippen molar-refractivity contribution in [2.75, 3.05) is 19.8 Å². The van der Waals surface area contributed by atoms with Gasteiger partial charge in [0.25, 0.3) is 5.91 Å². The smallest absolute Gasteiger partial charge is 0.377 e. The van der Waals surface area contributed by atoms with Crippen LogP contribution in [0, 0.1) is 13.8 Å². The van der Waals surface area contributed by atoms with Gasteiger partial charge in [0.2, 0.25) is 0 Å². The molecule has 1 amide bonds. The monoisotopic (exact) mass is 367 g/mol. The fourth-order valence-corrected chi connectivity index (χ4v) is 3.35. The molecule has 3 rings (SSSR count). The highest BCUT2D eigenvalue weighted by atomic mass is 19.4. The van der Waals surface area contributed by atoms with Gasteiger partial charge in [-0.05, 0) is 26.0 Å². The second-order valence-corrected chi connectivity index (χ2v) is 6.31. The van der Waals surface area contributed by atoms with E-state index >= 15 is 0 Å². The van der Waals surface area contributed by atoms with E-state index in [1.54, 1.807) is 43.0 Å². The molecule has 5 nitrogen and oxygen atoms in total. The van der Waals surface area contributed by atoms with Gasteiger partial charge in [0, 0.05) is 23.4 Å². The first-order valence-electron chi connectivity index (χ1n) is 8.32. The van der Waals surface area contributed by atoms with Crippen LogP contribution in [-0.2, 0) is 11.3 Å². The number of ether oxygens (including phenoxy) is 1. The second-order valence-electron chi connectivity index (χ2n) is 6.31. The minimum Gasteiger partial charge on any atom is -0.377 e. The molecule has 0 bridgehead atoms. The highest BCUT2D eigenvalue weighted by molar-refractivity contribution is 5.94. The van der Waals surface area contributed by atoms with E-state index in [1.165, 1.54) is 0 Å². The van der Waals surface area contributed by atoms with E-state index in [-0.39, 0.29) is 12.5 Å². The first-order chi connectivity index (χ1) is 12.3. The van der Waals surface area contributed by atoms with Crippen molar-refractivity contribution in [2.45, 2.75) is 32.6 Å². The van der Waals surface area contributed by atoms with E-state index in [4.69, 9.17) is 4.74 Å². The van der Waals surface area contributed by atoms with Gasteiger partial charge in [0.15, 0.2) is 0 Å². The fourth-order valence-electron chi connectivity index (χ4n) is 3.35. The first kappa shape index (κ1) is 18.4. The molecule has 2 aromatic rings. The van der Waals surface area contributed by atoms with Crippen LogP contribution in [0.15, 0.2) is 30.3 Å². The van der Waals surface area contributed by atoms with E-state index in [2.05, 4.69) is 5.10 Å². The molecule has 1 aromatic carbocycles. The summed E-state index contributed by atoms with van der Waals surface area (Å²) in [5, 5.41) is 4.04. The molecule has 1 saturated heterocycles. The summed E-state index contributed by atoms with van der Waals surface area (Å²) in [6, 6.07) is 8.37. The molecule has 140 valence electrons. The average Bonchev–Trinajstić information content (AvgIpc) is 2.87. The van der Waals surface area contributed by atoms with Crippen molar-refractivity contribution in [1.29, 1.82) is 0 Å². The summed E-state index contributed by atoms with van der Waals surface area (Å²) >= 11 is 0. The van der Waals surface area contributed by atoms with Crippen molar-refractivity contribution in [3.63, 3.8) is 0 Å². The number of halogens is 3. The zero-order chi connectivity index (χ0) is 18.9. The molecular formula is C18H20F3N3O2. The van der Waals surface area contributed by atoms with Crippen LogP contribution in [0.4, 0.5) is 13.2 Å². The van der Waals surface area contributed by atoms with E-state index in [1.807, 2.05) is 6.07 Å². The molecule has 2 heterocycles. The number of hydrogen-bond donors (Lipinski definition) is 0. The third kappa shape index (κ3) is 3.75. The van der Waals surface area contributed by atoms with Crippen molar-refractivity contribution in [1.82, 2.24) is 14.7 Å². The van der Waals surface area contributed by atoms with Gasteiger partial charge in [-0.25, -0.2) is 0 Å². The van der Waals surface area contributed by atoms with E-state index < -0.39 is 18.8 Å². The Bertz CT molecular complexity index is 787. The molecule has 8 heteroatoms. The Morgan fingerprint density at radius 2 is 1.96 bits per heavy atom. The van der Waals surface area contributed by atoms with E-state index in [0.29, 0.717) is 35.7 Å². The zero-order valence-corrected chi connectivity index (χ0v) is 14.6. The predicted octanol–water partition coefficient (Wildman–Crippen LogP) is 3.28. The topological polar surface area (TPSA) is 47.4 Å². The quantitative estimate of drug-likeness (QED) is 0.837. The standard InChI is InChI=1S/C18H20F3N3O2/c1-12-16(13(2)24(22-12)11-18(19,20)21)15-10-26-9-8-23(15)17(25)14-6-4-3-5-7-14/h3-7,15H,8-11H2,1-2H3/t15-/m0/s1. The lowest BCUT2D eigenvalue weighted by Crippen LogP contribution is -2.43. The maximum atomic E-state index is 12.9. The molecule has 0 radical (unpaired) electrons. The van der Waals surface area contributed by atoms with Crippen LogP contribution in [0.1, 0.15) is 33.4 Å². The number of rotatable bonds is 3. The van der Waals surface area contributed by atoms with Gasteiger partial charge < -0.3 is 9.64 Å². The average molecular weight is 367 g/mol. The maximum absolute atomic E-state index is 12.9. The number of morpholine rings is 1. The Hall–Kier alpha value is -2.35. The number of hydrogen-bond acceptors (Lipinski definition) is 3. The van der Waals surface area contributed by atoms with Gasteiger partial charge in [-0.3, -0.25) is 9.48 Å². The molecule has 0 N–H and O–H groups in total. The highest BCUT2D eigenvalue weighted by Gasteiger charge is 2.35. The molecular weight excluding hydrogens is 347 g/mol. The molecule has 0 aliphatic carbocycles. The third-order valence-electron chi connectivity index (χ3n) is 4.51. The molecule has 0 saturated carbocycles. The Balaban J connectivity index is 1.95. The minimum absolute atomic E-state index is 0.165. The molecule has 1 atom stereocenters. The Morgan fingerprint density at radius 3 is 2.62 bits per heavy atom. The summed E-state index contributed by atoms with van der Waals surface area (Å²) in [5.74, 6) is -0.165. The van der Waals surface area contributed by atoms with Crippen LogP contribution >= 0.6 is 0 Å². The van der Waals surface area contributed by atoms with Crippen LogP contribution in [-0.4, -0.2) is 46.5 Å². The minimum atomic E-state index is -4.36. The van der Waals surface area contributed by atoms with Gasteiger partial charge in [0.05, 0.1) is 24.9 Å². The van der Waals surface area contributed by atoms with Gasteiger partial charge in [-0.15, -0.1) is 0 Å². The van der Waals surface area contributed by atoms with Crippen LogP contribution in [0.3, 0.4) is 0 Å². The summed E-state index contributed by atoms with van der Waals surface area (Å²) in [6.45, 7) is 3.11. The number of carbonyl (C=O) groups excluding carboxylic acids is 1. The number of benzene rings is 1. The lowest BCUT2D eigenvalue weighted by molar-refractivity contribution is -0.143. The lowest BCUT2D eigenvalue weighted by Gasteiger charge is -2.36. The van der Waals surface area contributed by atoms with Gasteiger partial charge in [-0.1, -0.05) is 18.2 Å². The Labute approximate surface area is 149 Å². The molecule has 1 aliphatic heterocycles. The van der Waals surface area contributed by atoms with Crippen LogP contribution < -0.4 is 0 Å². The van der Waals surface area contributed by atoms with Crippen LogP contribution in [0.2, 0.25) is 0 Å². The summed E-state index contributed by atoms with van der Waals surface area (Å²) in [7, 11) is 0. The number of carbonyl (C=O) groups is 1. The number of nitrogens with zero attached hydrogens (tertiary/aromatic N) is 3. The van der Waals surface area contributed by atoms with Gasteiger partial charge in [-0.2, -0.15) is 18.3 Å². The summed E-state index contributed by atoms with van der Waals surface area (Å²) < 4.78 is 44.8. The summed E-state index contributed by atoms with van der Waals surface area (Å²) in [4.78, 5) is 14.6. The van der Waals surface area contributed by atoms with Gasteiger partial charge >= 0.3 is 6.18 Å². The first-order valence-corrected chi connectivity index (χ1v) is 8.32. The van der Waals surface area contributed by atoms with Crippen LogP contribution in [0.25, 0.3) is 0 Å². The second kappa shape index (κ2) is 7.11. The number of amides is 1. The van der Waals surface area contributed by atoms with Crippen molar-refractivity contribution < 1.29 is 22.7 Å². The van der Waals surface area contributed by atoms with E-state index in [9.17, 15) is 18.0 Å². The summed E-state index contributed by atoms with van der Waals surface area (Å²) in [6.07, 6.45) is -4.36. The molecule has 1 fully saturated rings. The SMILES string of the molecule is Cc1nn(CC(F)(F)F)c(C)c1[C@@H]1COCCN1C(=O)c1ccccc1. The number of aromatic nitrogens is 2. The molecule has 26 heavy (non-hydrogen) atoms. The van der Waals surface area contributed by atoms with Gasteiger partial charge in [0.1, 0.15) is 6.54 Å². The highest BCUT2D eigenvalue weighted by Crippen LogP contribution is 2.31. The Morgan fingerprint density at radius 1 is 1.27 bits per heavy atom. The van der Waals surface area contributed by atoms with Crippen molar-refractivity contribution in [2.24, 2.45) is 0 Å². The van der Waals surface area contributed by atoms with Crippen molar-refractivity contribution in [3.05, 3.63) is 52.8 Å². The van der Waals surface area contributed by atoms with E-state index in [0.717, 1.165) is 4.68 Å². The predicted molar refractivity (Wildman–Crippen MR) is 88.8 cm³/mol. The van der Waals surface area contributed by atoms with Crippen molar-refractivity contribution >= 4 is 5.91 Å². The lowest BCUT2D eigenvalue weighted by atomic mass is 10.0. The van der Waals surface area contributed by atoms with Crippen molar-refractivity contribution in [3.8, 4) is 0 Å². The summed E-state index contributed by atoms with van der Waals surface area (Å²) in [5.41, 5.74) is 2.05. The largest absolute Gasteiger partial charge is 0.408 e. The molecule has 1 aromatic heterocycles. The molecule has 0 unspecified atom stereocenters. The molecule has 0 spiro atoms.